The highest BCUT2D eigenvalue weighted by molar-refractivity contribution is 7.86. The SMILES string of the molecule is CCC(C)(C)C=CC(C)(CC)c1cc(C(=O)N(CCS(=O)(=O)O)CCS(=O)(=O)O)nc(C(=O)N(CCS(=O)(=O)O)CCS(=O)(=O)O)c1. The van der Waals surface area contributed by atoms with E-state index in [0.29, 0.717) is 21.8 Å². The second kappa shape index (κ2) is 16.2. The van der Waals surface area contributed by atoms with Gasteiger partial charge in [-0.05, 0) is 36.0 Å². The minimum Gasteiger partial charge on any atom is -0.335 e. The monoisotopic (exact) mass is 749 g/mol. The predicted molar refractivity (Wildman–Crippen MR) is 173 cm³/mol. The van der Waals surface area contributed by atoms with Gasteiger partial charge in [0.15, 0.2) is 0 Å². The number of hydrogen-bond donors (Lipinski definition) is 4. The van der Waals surface area contributed by atoms with Gasteiger partial charge in [-0.3, -0.25) is 27.8 Å². The lowest BCUT2D eigenvalue weighted by Gasteiger charge is -2.29. The van der Waals surface area contributed by atoms with Crippen LogP contribution in [0.1, 0.15) is 74.0 Å². The van der Waals surface area contributed by atoms with E-state index >= 15 is 0 Å². The van der Waals surface area contributed by atoms with E-state index in [1.807, 2.05) is 39.8 Å². The van der Waals surface area contributed by atoms with Crippen LogP contribution in [0.3, 0.4) is 0 Å². The highest BCUT2D eigenvalue weighted by atomic mass is 32.2. The van der Waals surface area contributed by atoms with Crippen LogP contribution in [0.15, 0.2) is 24.3 Å². The number of nitrogens with zero attached hydrogens (tertiary/aromatic N) is 3. The number of allylic oxidation sites excluding steroid dienone is 2. The fourth-order valence-corrected chi connectivity index (χ4v) is 5.69. The summed E-state index contributed by atoms with van der Waals surface area (Å²) in [6.45, 7) is 6.52. The summed E-state index contributed by atoms with van der Waals surface area (Å²) in [5.41, 5.74) is -1.89. The van der Waals surface area contributed by atoms with Crippen molar-refractivity contribution in [1.29, 1.82) is 0 Å². The molecule has 1 aromatic heterocycles. The third-order valence-corrected chi connectivity index (χ3v) is 10.3. The summed E-state index contributed by atoms with van der Waals surface area (Å²) < 4.78 is 128. The van der Waals surface area contributed by atoms with E-state index < -0.39 is 118 Å². The van der Waals surface area contributed by atoms with Gasteiger partial charge in [-0.2, -0.15) is 33.7 Å². The van der Waals surface area contributed by atoms with E-state index in [2.05, 4.69) is 4.98 Å². The molecule has 0 aliphatic carbocycles. The third kappa shape index (κ3) is 15.9. The van der Waals surface area contributed by atoms with Gasteiger partial charge in [0.25, 0.3) is 52.3 Å². The highest BCUT2D eigenvalue weighted by Crippen LogP contribution is 2.33. The normalized spacial score (nSPS) is 14.6. The smallest absolute Gasteiger partial charge is 0.272 e. The highest BCUT2D eigenvalue weighted by Gasteiger charge is 2.30. The van der Waals surface area contributed by atoms with Crippen molar-refractivity contribution >= 4 is 52.3 Å². The second-order valence-electron chi connectivity index (χ2n) is 11.8. The number of pyridine rings is 1. The van der Waals surface area contributed by atoms with Gasteiger partial charge in [0, 0.05) is 31.6 Å². The molecular formula is C26H43N3O14S4. The zero-order valence-corrected chi connectivity index (χ0v) is 30.0. The molecule has 1 rings (SSSR count). The van der Waals surface area contributed by atoms with Crippen LogP contribution in [-0.2, 0) is 45.9 Å². The van der Waals surface area contributed by atoms with Crippen LogP contribution in [-0.4, -0.2) is 128 Å². The summed E-state index contributed by atoms with van der Waals surface area (Å²) in [5, 5.41) is 0. The van der Waals surface area contributed by atoms with E-state index in [1.165, 1.54) is 12.1 Å². The number of aromatic nitrogens is 1. The van der Waals surface area contributed by atoms with Gasteiger partial charge in [0.05, 0.1) is 23.0 Å². The maximum atomic E-state index is 13.7. The molecule has 21 heteroatoms. The van der Waals surface area contributed by atoms with Gasteiger partial charge >= 0.3 is 0 Å². The van der Waals surface area contributed by atoms with Gasteiger partial charge in [0.1, 0.15) is 11.4 Å². The molecule has 0 fully saturated rings. The first kappa shape index (κ1) is 42.5. The summed E-state index contributed by atoms with van der Waals surface area (Å²) in [5.74, 6) is -6.28. The van der Waals surface area contributed by atoms with Crippen molar-refractivity contribution in [1.82, 2.24) is 14.8 Å². The van der Waals surface area contributed by atoms with E-state index in [4.69, 9.17) is 0 Å². The Morgan fingerprint density at radius 3 is 1.21 bits per heavy atom. The standard InChI is InChI=1S/C26H43N3O14S4/c1-6-25(3,4)8-9-26(5,7-2)20-18-21(23(30)28(10-14-44(32,33)34)11-15-45(35,36)37)27-22(19-20)24(31)29(12-16-46(38,39)40)13-17-47(41,42)43/h8-9,18-19H,6-7,10-17H2,1-5H3,(H,32,33,34)(H,35,36,37)(H,38,39,40)(H,41,42,43). The van der Waals surface area contributed by atoms with E-state index in [9.17, 15) is 61.5 Å². The van der Waals surface area contributed by atoms with Crippen LogP contribution < -0.4 is 0 Å². The summed E-state index contributed by atoms with van der Waals surface area (Å²) in [4.78, 5) is 32.8. The fourth-order valence-electron chi connectivity index (χ4n) is 3.88. The van der Waals surface area contributed by atoms with E-state index in [0.717, 1.165) is 6.42 Å². The molecule has 0 radical (unpaired) electrons. The van der Waals surface area contributed by atoms with Crippen molar-refractivity contribution in [2.24, 2.45) is 5.41 Å². The van der Waals surface area contributed by atoms with Crippen LogP contribution in [0.5, 0.6) is 0 Å². The molecule has 17 nitrogen and oxygen atoms in total. The van der Waals surface area contributed by atoms with Crippen molar-refractivity contribution in [2.45, 2.75) is 52.9 Å². The Bertz CT molecular complexity index is 1580. The van der Waals surface area contributed by atoms with E-state index in [-0.39, 0.29) is 5.41 Å². The maximum Gasteiger partial charge on any atom is 0.272 e. The summed E-state index contributed by atoms with van der Waals surface area (Å²) in [7, 11) is -18.6. The Morgan fingerprint density at radius 1 is 0.638 bits per heavy atom. The fraction of sp³-hybridized carbons (Fsp3) is 0.654. The molecule has 1 atom stereocenters. The molecule has 47 heavy (non-hydrogen) atoms. The van der Waals surface area contributed by atoms with Crippen LogP contribution in [0.4, 0.5) is 0 Å². The predicted octanol–water partition coefficient (Wildman–Crippen LogP) is 1.18. The molecule has 0 spiro atoms. The lowest BCUT2D eigenvalue weighted by Crippen LogP contribution is -2.40. The Kier molecular flexibility index (Phi) is 14.7. The molecule has 0 aliphatic rings. The summed E-state index contributed by atoms with van der Waals surface area (Å²) in [6.07, 6.45) is 4.91. The third-order valence-electron chi connectivity index (χ3n) is 7.52. The molecule has 1 unspecified atom stereocenters. The Hall–Kier alpha value is -2.53. The Morgan fingerprint density at radius 2 is 0.957 bits per heavy atom. The van der Waals surface area contributed by atoms with Crippen molar-refractivity contribution in [3.05, 3.63) is 41.2 Å². The van der Waals surface area contributed by atoms with Crippen molar-refractivity contribution in [3.8, 4) is 0 Å². The second-order valence-corrected chi connectivity index (χ2v) is 18.1. The maximum absolute atomic E-state index is 13.7. The van der Waals surface area contributed by atoms with Crippen LogP contribution in [0, 0.1) is 5.41 Å². The molecule has 0 aromatic carbocycles. The average molecular weight is 750 g/mol. The molecule has 4 N–H and O–H groups in total. The van der Waals surface area contributed by atoms with Gasteiger partial charge in [-0.25, -0.2) is 4.98 Å². The lowest BCUT2D eigenvalue weighted by molar-refractivity contribution is 0.0761. The molecule has 0 saturated heterocycles. The van der Waals surface area contributed by atoms with Gasteiger partial charge in [0.2, 0.25) is 0 Å². The van der Waals surface area contributed by atoms with Gasteiger partial charge in [-0.1, -0.05) is 46.8 Å². The molecule has 2 amide bonds. The minimum atomic E-state index is -4.65. The number of rotatable bonds is 19. The van der Waals surface area contributed by atoms with Crippen molar-refractivity contribution in [2.75, 3.05) is 49.2 Å². The number of carbonyl (C=O) groups excluding carboxylic acids is 2. The van der Waals surface area contributed by atoms with E-state index in [1.54, 1.807) is 6.92 Å². The number of hydrogen-bond acceptors (Lipinski definition) is 11. The largest absolute Gasteiger partial charge is 0.335 e. The molecule has 0 bridgehead atoms. The minimum absolute atomic E-state index is 0.272. The topological polar surface area (TPSA) is 271 Å². The number of amides is 2. The quantitative estimate of drug-likeness (QED) is 0.114. The van der Waals surface area contributed by atoms with Gasteiger partial charge < -0.3 is 9.80 Å². The zero-order chi connectivity index (χ0) is 36.6. The van der Waals surface area contributed by atoms with Crippen LogP contribution in [0.2, 0.25) is 0 Å². The van der Waals surface area contributed by atoms with Crippen LogP contribution >= 0.6 is 0 Å². The molecular weight excluding hydrogens is 707 g/mol. The molecule has 1 heterocycles. The lowest BCUT2D eigenvalue weighted by atomic mass is 9.77. The summed E-state index contributed by atoms with van der Waals surface area (Å²) in [6, 6.07) is 2.56. The Labute approximate surface area is 276 Å². The molecule has 0 saturated carbocycles. The van der Waals surface area contributed by atoms with Crippen molar-refractivity contribution < 1.29 is 61.5 Å². The number of carbonyl (C=O) groups is 2. The first-order valence-corrected chi connectivity index (χ1v) is 20.7. The van der Waals surface area contributed by atoms with Crippen LogP contribution in [0.25, 0.3) is 0 Å². The van der Waals surface area contributed by atoms with Crippen molar-refractivity contribution in [3.63, 3.8) is 0 Å². The summed E-state index contributed by atoms with van der Waals surface area (Å²) >= 11 is 0. The molecule has 270 valence electrons. The van der Waals surface area contributed by atoms with Gasteiger partial charge in [-0.15, -0.1) is 0 Å². The average Bonchev–Trinajstić information content (AvgIpc) is 2.93. The molecule has 1 aromatic rings. The molecule has 0 aliphatic heterocycles. The Balaban J connectivity index is 3.97. The first-order valence-electron chi connectivity index (χ1n) is 14.2. The first-order chi connectivity index (χ1) is 21.1. The zero-order valence-electron chi connectivity index (χ0n) is 26.7.